The van der Waals surface area contributed by atoms with Crippen molar-refractivity contribution in [3.8, 4) is 10.7 Å². The normalized spacial score (nSPS) is 11.1. The molecule has 0 unspecified atom stereocenters. The monoisotopic (exact) mass is 249 g/mol. The Morgan fingerprint density at radius 1 is 1.38 bits per heavy atom. The van der Waals surface area contributed by atoms with Crippen LogP contribution in [-0.4, -0.2) is 15.0 Å². The number of aromatic amines is 1. The van der Waals surface area contributed by atoms with Crippen LogP contribution in [0.15, 0.2) is 24.4 Å². The lowest BCUT2D eigenvalue weighted by atomic mass is 10.3. The van der Waals surface area contributed by atoms with E-state index in [-0.39, 0.29) is 0 Å². The fraction of sp³-hybridized carbons (Fsp3) is 0.0909. The van der Waals surface area contributed by atoms with Crippen LogP contribution in [-0.2, 0) is 0 Å². The minimum absolute atomic E-state index is 0.741. The third kappa shape index (κ3) is 1.60. The molecule has 3 heterocycles. The van der Waals surface area contributed by atoms with Crippen molar-refractivity contribution in [2.24, 2.45) is 0 Å². The van der Waals surface area contributed by atoms with E-state index in [0.717, 1.165) is 31.8 Å². The van der Waals surface area contributed by atoms with Gasteiger partial charge in [0, 0.05) is 6.20 Å². The van der Waals surface area contributed by atoms with Gasteiger partial charge in [-0.2, -0.15) is 0 Å². The van der Waals surface area contributed by atoms with E-state index < -0.39 is 0 Å². The second-order valence-electron chi connectivity index (χ2n) is 3.57. The number of pyridine rings is 1. The highest BCUT2D eigenvalue weighted by molar-refractivity contribution is 7.19. The van der Waals surface area contributed by atoms with Crippen LogP contribution in [0, 0.1) is 6.92 Å². The summed E-state index contributed by atoms with van der Waals surface area (Å²) >= 11 is 7.40. The molecule has 0 saturated carbocycles. The molecule has 0 amide bonds. The van der Waals surface area contributed by atoms with Gasteiger partial charge in [0.2, 0.25) is 0 Å². The van der Waals surface area contributed by atoms with Crippen LogP contribution in [0.4, 0.5) is 0 Å². The summed E-state index contributed by atoms with van der Waals surface area (Å²) in [5, 5.41) is 0. The molecule has 0 aliphatic carbocycles. The predicted molar refractivity (Wildman–Crippen MR) is 66.9 cm³/mol. The van der Waals surface area contributed by atoms with Crippen molar-refractivity contribution in [2.45, 2.75) is 6.92 Å². The summed E-state index contributed by atoms with van der Waals surface area (Å²) in [4.78, 5) is 13.0. The third-order valence-corrected chi connectivity index (χ3v) is 3.52. The van der Waals surface area contributed by atoms with Gasteiger partial charge in [-0.3, -0.25) is 0 Å². The number of fused-ring (bicyclic) bond motifs is 1. The van der Waals surface area contributed by atoms with Crippen molar-refractivity contribution in [2.75, 3.05) is 0 Å². The van der Waals surface area contributed by atoms with E-state index in [1.807, 2.05) is 31.3 Å². The highest BCUT2D eigenvalue weighted by Gasteiger charge is 2.08. The molecule has 0 atom stereocenters. The van der Waals surface area contributed by atoms with E-state index in [1.54, 1.807) is 0 Å². The summed E-state index contributed by atoms with van der Waals surface area (Å²) < 4.78 is 0.764. The van der Waals surface area contributed by atoms with Crippen LogP contribution in [0.2, 0.25) is 4.34 Å². The fourth-order valence-electron chi connectivity index (χ4n) is 1.56. The number of aromatic nitrogens is 3. The van der Waals surface area contributed by atoms with Crippen molar-refractivity contribution in [1.29, 1.82) is 0 Å². The van der Waals surface area contributed by atoms with Gasteiger partial charge in [0.15, 0.2) is 11.5 Å². The molecule has 0 radical (unpaired) electrons. The van der Waals surface area contributed by atoms with E-state index in [2.05, 4.69) is 15.0 Å². The number of nitrogens with one attached hydrogen (secondary N) is 1. The van der Waals surface area contributed by atoms with E-state index in [9.17, 15) is 0 Å². The Morgan fingerprint density at radius 2 is 2.25 bits per heavy atom. The van der Waals surface area contributed by atoms with E-state index in [1.165, 1.54) is 11.3 Å². The molecule has 0 saturated heterocycles. The van der Waals surface area contributed by atoms with Crippen LogP contribution in [0.25, 0.3) is 21.9 Å². The molecule has 3 nitrogen and oxygen atoms in total. The minimum Gasteiger partial charge on any atom is -0.336 e. The molecule has 5 heteroatoms. The van der Waals surface area contributed by atoms with Crippen LogP contribution in [0.1, 0.15) is 5.56 Å². The second-order valence-corrected chi connectivity index (χ2v) is 5.29. The molecule has 16 heavy (non-hydrogen) atoms. The van der Waals surface area contributed by atoms with E-state index >= 15 is 0 Å². The van der Waals surface area contributed by atoms with E-state index in [0.29, 0.717) is 0 Å². The Bertz CT molecular complexity index is 656. The molecule has 0 fully saturated rings. The number of aryl methyl sites for hydroxylation is 1. The highest BCUT2D eigenvalue weighted by atomic mass is 35.5. The summed E-state index contributed by atoms with van der Waals surface area (Å²) in [7, 11) is 0. The summed E-state index contributed by atoms with van der Waals surface area (Å²) in [6.45, 7) is 2.01. The van der Waals surface area contributed by atoms with Gasteiger partial charge in [0.05, 0.1) is 14.7 Å². The average molecular weight is 250 g/mol. The lowest BCUT2D eigenvalue weighted by Crippen LogP contribution is -1.77. The number of halogens is 1. The van der Waals surface area contributed by atoms with Crippen LogP contribution in [0.5, 0.6) is 0 Å². The maximum absolute atomic E-state index is 5.90. The molecule has 0 bridgehead atoms. The Labute approximate surface area is 101 Å². The zero-order valence-electron chi connectivity index (χ0n) is 8.49. The van der Waals surface area contributed by atoms with Crippen molar-refractivity contribution >= 4 is 34.1 Å². The lowest BCUT2D eigenvalue weighted by molar-refractivity contribution is 1.29. The van der Waals surface area contributed by atoms with Gasteiger partial charge in [-0.1, -0.05) is 11.6 Å². The predicted octanol–water partition coefficient (Wildman–Crippen LogP) is 3.65. The number of rotatable bonds is 1. The van der Waals surface area contributed by atoms with Gasteiger partial charge in [-0.15, -0.1) is 11.3 Å². The molecule has 0 spiro atoms. The quantitative estimate of drug-likeness (QED) is 0.715. The molecule has 1 N–H and O–H groups in total. The number of H-pyrrole nitrogens is 1. The fourth-order valence-corrected chi connectivity index (χ4v) is 2.55. The Hall–Kier alpha value is -1.39. The first-order valence-corrected chi connectivity index (χ1v) is 6.00. The third-order valence-electron chi connectivity index (χ3n) is 2.28. The first-order chi connectivity index (χ1) is 7.72. The standard InChI is InChI=1S/C11H8ClN3S/c1-6-4-7-10(13-5-6)15-11(14-7)8-2-3-9(12)16-8/h2-5H,1H3,(H,13,14,15). The second kappa shape index (κ2) is 3.57. The van der Waals surface area contributed by atoms with Gasteiger partial charge in [0.1, 0.15) is 0 Å². The van der Waals surface area contributed by atoms with Crippen LogP contribution >= 0.6 is 22.9 Å². The summed E-state index contributed by atoms with van der Waals surface area (Å²) in [5.41, 5.74) is 2.82. The molecule has 0 aliphatic heterocycles. The molecule has 3 aromatic heterocycles. The molecule has 80 valence electrons. The van der Waals surface area contributed by atoms with E-state index in [4.69, 9.17) is 11.6 Å². The van der Waals surface area contributed by atoms with Gasteiger partial charge in [-0.05, 0) is 30.7 Å². The van der Waals surface area contributed by atoms with Gasteiger partial charge >= 0.3 is 0 Å². The molecule has 3 rings (SSSR count). The SMILES string of the molecule is Cc1cnc2nc(-c3ccc(Cl)s3)[nH]c2c1. The summed E-state index contributed by atoms with van der Waals surface area (Å²) in [6.07, 6.45) is 1.81. The van der Waals surface area contributed by atoms with Crippen LogP contribution in [0.3, 0.4) is 0 Å². The molecule has 3 aromatic rings. The van der Waals surface area contributed by atoms with Gasteiger partial charge in [0.25, 0.3) is 0 Å². The largest absolute Gasteiger partial charge is 0.336 e. The molecular formula is C11H8ClN3S. The Kier molecular flexibility index (Phi) is 2.19. The van der Waals surface area contributed by atoms with Crippen molar-refractivity contribution in [3.63, 3.8) is 0 Å². The number of nitrogens with zero attached hydrogens (tertiary/aromatic N) is 2. The zero-order chi connectivity index (χ0) is 11.1. The molecule has 0 aromatic carbocycles. The topological polar surface area (TPSA) is 41.6 Å². The van der Waals surface area contributed by atoms with Crippen LogP contribution < -0.4 is 0 Å². The molecular weight excluding hydrogens is 242 g/mol. The smallest absolute Gasteiger partial charge is 0.178 e. The lowest BCUT2D eigenvalue weighted by Gasteiger charge is -1.88. The first-order valence-electron chi connectivity index (χ1n) is 4.80. The Morgan fingerprint density at radius 3 is 3.00 bits per heavy atom. The number of hydrogen-bond acceptors (Lipinski definition) is 3. The zero-order valence-corrected chi connectivity index (χ0v) is 10.1. The number of imidazole rings is 1. The minimum atomic E-state index is 0.741. The average Bonchev–Trinajstić information content (AvgIpc) is 2.83. The van der Waals surface area contributed by atoms with Gasteiger partial charge in [-0.25, -0.2) is 9.97 Å². The first kappa shape index (κ1) is 9.81. The molecule has 0 aliphatic rings. The summed E-state index contributed by atoms with van der Waals surface area (Å²) in [6, 6.07) is 5.86. The highest BCUT2D eigenvalue weighted by Crippen LogP contribution is 2.30. The maximum Gasteiger partial charge on any atom is 0.178 e. The number of hydrogen-bond donors (Lipinski definition) is 1. The van der Waals surface area contributed by atoms with Crippen molar-refractivity contribution < 1.29 is 0 Å². The van der Waals surface area contributed by atoms with Crippen molar-refractivity contribution in [1.82, 2.24) is 15.0 Å². The van der Waals surface area contributed by atoms with Crippen molar-refractivity contribution in [3.05, 3.63) is 34.3 Å². The summed E-state index contributed by atoms with van der Waals surface area (Å²) in [5.74, 6) is 0.824. The Balaban J connectivity index is 2.18. The maximum atomic E-state index is 5.90. The van der Waals surface area contributed by atoms with Gasteiger partial charge < -0.3 is 4.98 Å². The number of thiophene rings is 1.